The molecule has 1 aromatic carbocycles. The average Bonchev–Trinajstić information content (AvgIpc) is 2.42. The topological polar surface area (TPSA) is 102 Å². The molecule has 7 nitrogen and oxygen atoms in total. The Morgan fingerprint density at radius 1 is 1.58 bits per heavy atom. The van der Waals surface area contributed by atoms with E-state index in [9.17, 15) is 14.9 Å². The van der Waals surface area contributed by atoms with Crippen molar-refractivity contribution in [2.75, 3.05) is 13.2 Å². The van der Waals surface area contributed by atoms with Crippen molar-refractivity contribution in [3.05, 3.63) is 34.4 Å². The Kier molecular flexibility index (Phi) is 5.74. The van der Waals surface area contributed by atoms with Gasteiger partial charge in [0.25, 0.3) is 11.6 Å². The number of benzene rings is 1. The number of nitro groups is 1. The maximum Gasteiger partial charge on any atom is 0.273 e. The quantitative estimate of drug-likeness (QED) is 0.564. The number of ether oxygens (including phenoxy) is 1. The minimum Gasteiger partial charge on any atom is -0.484 e. The Hall–Kier alpha value is -2.15. The van der Waals surface area contributed by atoms with Crippen LogP contribution in [0, 0.1) is 10.1 Å². The molecule has 104 valence electrons. The van der Waals surface area contributed by atoms with Crippen LogP contribution in [-0.4, -0.2) is 35.2 Å². The Morgan fingerprint density at radius 3 is 2.89 bits per heavy atom. The van der Waals surface area contributed by atoms with Crippen molar-refractivity contribution in [2.45, 2.75) is 19.4 Å². The molecule has 0 unspecified atom stereocenters. The summed E-state index contributed by atoms with van der Waals surface area (Å²) in [6.45, 7) is 1.44. The molecule has 2 N–H and O–H groups in total. The number of amides is 1. The van der Waals surface area contributed by atoms with E-state index in [1.165, 1.54) is 24.3 Å². The molecule has 0 bridgehead atoms. The van der Waals surface area contributed by atoms with E-state index in [4.69, 9.17) is 9.84 Å². The van der Waals surface area contributed by atoms with Crippen LogP contribution in [-0.2, 0) is 4.79 Å². The molecule has 0 aliphatic carbocycles. The van der Waals surface area contributed by atoms with Crippen LogP contribution in [0.2, 0.25) is 0 Å². The zero-order chi connectivity index (χ0) is 14.3. The second-order valence-corrected chi connectivity index (χ2v) is 3.90. The molecule has 0 spiro atoms. The first-order chi connectivity index (χ1) is 9.06. The molecule has 7 heteroatoms. The smallest absolute Gasteiger partial charge is 0.273 e. The molecular weight excluding hydrogens is 252 g/mol. The first-order valence-electron chi connectivity index (χ1n) is 5.84. The van der Waals surface area contributed by atoms with E-state index in [2.05, 4.69) is 5.32 Å². The van der Waals surface area contributed by atoms with Crippen molar-refractivity contribution in [1.29, 1.82) is 0 Å². The van der Waals surface area contributed by atoms with E-state index in [1.54, 1.807) is 0 Å². The second kappa shape index (κ2) is 7.32. The minimum absolute atomic E-state index is 0.0975. The van der Waals surface area contributed by atoms with Crippen LogP contribution in [0.25, 0.3) is 0 Å². The van der Waals surface area contributed by atoms with Gasteiger partial charge in [0.15, 0.2) is 6.61 Å². The van der Waals surface area contributed by atoms with Gasteiger partial charge in [-0.25, -0.2) is 0 Å². The van der Waals surface area contributed by atoms with Gasteiger partial charge in [-0.1, -0.05) is 13.0 Å². The normalized spacial score (nSPS) is 11.7. The predicted molar refractivity (Wildman–Crippen MR) is 67.9 cm³/mol. The third kappa shape index (κ3) is 4.92. The van der Waals surface area contributed by atoms with Gasteiger partial charge in [-0.15, -0.1) is 0 Å². The second-order valence-electron chi connectivity index (χ2n) is 3.90. The summed E-state index contributed by atoms with van der Waals surface area (Å²) in [5.41, 5.74) is -0.0975. The van der Waals surface area contributed by atoms with E-state index >= 15 is 0 Å². The molecule has 0 fully saturated rings. The summed E-state index contributed by atoms with van der Waals surface area (Å²) in [5, 5.41) is 22.1. The predicted octanol–water partition coefficient (Wildman–Crippen LogP) is 0.861. The van der Waals surface area contributed by atoms with Crippen molar-refractivity contribution in [2.24, 2.45) is 0 Å². The van der Waals surface area contributed by atoms with Gasteiger partial charge in [0.05, 0.1) is 23.6 Å². The van der Waals surface area contributed by atoms with Crippen LogP contribution in [0.3, 0.4) is 0 Å². The van der Waals surface area contributed by atoms with Crippen LogP contribution in [0.4, 0.5) is 5.69 Å². The first kappa shape index (κ1) is 14.9. The van der Waals surface area contributed by atoms with Gasteiger partial charge in [0, 0.05) is 6.07 Å². The number of nitro benzene ring substituents is 1. The molecule has 1 atom stereocenters. The zero-order valence-electron chi connectivity index (χ0n) is 10.5. The third-order valence-corrected chi connectivity index (χ3v) is 2.48. The van der Waals surface area contributed by atoms with Gasteiger partial charge in [-0.05, 0) is 12.5 Å². The SMILES string of the molecule is CC[C@H](CO)NC(=O)COc1cccc([N+](=O)[O-])c1. The van der Waals surface area contributed by atoms with Crippen molar-refractivity contribution in [3.63, 3.8) is 0 Å². The maximum absolute atomic E-state index is 11.5. The summed E-state index contributed by atoms with van der Waals surface area (Å²) < 4.78 is 5.15. The van der Waals surface area contributed by atoms with Gasteiger partial charge in [-0.2, -0.15) is 0 Å². The molecule has 0 aliphatic rings. The lowest BCUT2D eigenvalue weighted by Crippen LogP contribution is -2.39. The van der Waals surface area contributed by atoms with Crippen molar-refractivity contribution >= 4 is 11.6 Å². The lowest BCUT2D eigenvalue weighted by atomic mass is 10.2. The Labute approximate surface area is 110 Å². The van der Waals surface area contributed by atoms with Crippen LogP contribution in [0.5, 0.6) is 5.75 Å². The lowest BCUT2D eigenvalue weighted by Gasteiger charge is -2.14. The van der Waals surface area contributed by atoms with Gasteiger partial charge in [0.2, 0.25) is 0 Å². The van der Waals surface area contributed by atoms with Crippen LogP contribution >= 0.6 is 0 Å². The van der Waals surface area contributed by atoms with Gasteiger partial charge in [0.1, 0.15) is 5.75 Å². The number of aliphatic hydroxyl groups excluding tert-OH is 1. The summed E-state index contributed by atoms with van der Waals surface area (Å²) in [6.07, 6.45) is 0.610. The Bertz CT molecular complexity index is 446. The Morgan fingerprint density at radius 2 is 2.32 bits per heavy atom. The highest BCUT2D eigenvalue weighted by Gasteiger charge is 2.11. The highest BCUT2D eigenvalue weighted by Crippen LogP contribution is 2.18. The summed E-state index contributed by atoms with van der Waals surface area (Å²) in [4.78, 5) is 21.5. The van der Waals surface area contributed by atoms with Crippen LogP contribution in [0.15, 0.2) is 24.3 Å². The molecule has 1 amide bonds. The molecule has 19 heavy (non-hydrogen) atoms. The summed E-state index contributed by atoms with van der Waals surface area (Å²) >= 11 is 0. The molecule has 0 saturated heterocycles. The number of carbonyl (C=O) groups is 1. The number of hydrogen-bond donors (Lipinski definition) is 2. The number of hydrogen-bond acceptors (Lipinski definition) is 5. The molecule has 0 aromatic heterocycles. The fourth-order valence-electron chi connectivity index (χ4n) is 1.38. The number of rotatable bonds is 7. The largest absolute Gasteiger partial charge is 0.484 e. The van der Waals surface area contributed by atoms with Gasteiger partial charge in [-0.3, -0.25) is 14.9 Å². The zero-order valence-corrected chi connectivity index (χ0v) is 10.5. The monoisotopic (exact) mass is 268 g/mol. The van der Waals surface area contributed by atoms with E-state index in [0.717, 1.165) is 0 Å². The van der Waals surface area contributed by atoms with Crippen molar-refractivity contribution in [1.82, 2.24) is 5.32 Å². The van der Waals surface area contributed by atoms with E-state index in [1.807, 2.05) is 6.92 Å². The number of non-ortho nitro benzene ring substituents is 1. The number of aliphatic hydroxyl groups is 1. The third-order valence-electron chi connectivity index (χ3n) is 2.48. The minimum atomic E-state index is -0.536. The summed E-state index contributed by atoms with van der Waals surface area (Å²) in [6, 6.07) is 5.29. The lowest BCUT2D eigenvalue weighted by molar-refractivity contribution is -0.384. The van der Waals surface area contributed by atoms with E-state index in [-0.39, 0.29) is 36.6 Å². The first-order valence-corrected chi connectivity index (χ1v) is 5.84. The summed E-state index contributed by atoms with van der Waals surface area (Å²) in [5.74, 6) is -0.131. The molecule has 0 heterocycles. The highest BCUT2D eigenvalue weighted by atomic mass is 16.6. The Balaban J connectivity index is 2.50. The van der Waals surface area contributed by atoms with E-state index in [0.29, 0.717) is 6.42 Å². The van der Waals surface area contributed by atoms with Crippen molar-refractivity contribution < 1.29 is 19.6 Å². The van der Waals surface area contributed by atoms with Crippen LogP contribution < -0.4 is 10.1 Å². The molecule has 0 aliphatic heterocycles. The molecule has 0 saturated carbocycles. The molecular formula is C12H16N2O5. The van der Waals surface area contributed by atoms with Gasteiger partial charge < -0.3 is 15.2 Å². The molecule has 1 rings (SSSR count). The molecule has 1 aromatic rings. The number of carbonyl (C=O) groups excluding carboxylic acids is 1. The standard InChI is InChI=1S/C12H16N2O5/c1-2-9(7-15)13-12(16)8-19-11-5-3-4-10(6-11)14(17)18/h3-6,9,15H,2,7-8H2,1H3,(H,13,16)/t9-/m1/s1. The highest BCUT2D eigenvalue weighted by molar-refractivity contribution is 5.77. The fraction of sp³-hybridized carbons (Fsp3) is 0.417. The van der Waals surface area contributed by atoms with Crippen LogP contribution in [0.1, 0.15) is 13.3 Å². The average molecular weight is 268 g/mol. The van der Waals surface area contributed by atoms with Gasteiger partial charge >= 0.3 is 0 Å². The number of nitrogens with zero attached hydrogens (tertiary/aromatic N) is 1. The van der Waals surface area contributed by atoms with E-state index < -0.39 is 4.92 Å². The molecule has 0 radical (unpaired) electrons. The maximum atomic E-state index is 11.5. The number of nitrogens with one attached hydrogen (secondary N) is 1. The van der Waals surface area contributed by atoms with Crippen molar-refractivity contribution in [3.8, 4) is 5.75 Å². The fourth-order valence-corrected chi connectivity index (χ4v) is 1.38. The summed E-state index contributed by atoms with van der Waals surface area (Å²) in [7, 11) is 0.